The summed E-state index contributed by atoms with van der Waals surface area (Å²) >= 11 is 0. The van der Waals surface area contributed by atoms with E-state index in [0.29, 0.717) is 5.71 Å². The lowest BCUT2D eigenvalue weighted by molar-refractivity contribution is -0.122. The van der Waals surface area contributed by atoms with Crippen LogP contribution in [0.5, 0.6) is 0 Å². The van der Waals surface area contributed by atoms with Gasteiger partial charge in [0.15, 0.2) is 5.78 Å². The average molecular weight is 167 g/mol. The molecule has 1 fully saturated rings. The zero-order valence-electron chi connectivity index (χ0n) is 8.32. The molecule has 0 bridgehead atoms. The summed E-state index contributed by atoms with van der Waals surface area (Å²) in [6.45, 7) is 7.81. The van der Waals surface area contributed by atoms with E-state index in [9.17, 15) is 4.79 Å². The third-order valence-electron chi connectivity index (χ3n) is 2.89. The average Bonchev–Trinajstić information content (AvgIpc) is 1.96. The summed E-state index contributed by atoms with van der Waals surface area (Å²) in [7, 11) is 0. The predicted octanol–water partition coefficient (Wildman–Crippen LogP) is 2.42. The minimum atomic E-state index is -0.299. The third kappa shape index (κ3) is 1.30. The maximum atomic E-state index is 11.6. The maximum Gasteiger partial charge on any atom is 0.182 e. The van der Waals surface area contributed by atoms with Crippen LogP contribution in [0.25, 0.3) is 0 Å². The largest absolute Gasteiger partial charge is 0.301 e. The van der Waals surface area contributed by atoms with Crippen molar-refractivity contribution >= 4 is 11.5 Å². The van der Waals surface area contributed by atoms with E-state index in [1.54, 1.807) is 0 Å². The Bertz CT molecular complexity index is 212. The number of hydrogen-bond acceptors (Lipinski definition) is 2. The Morgan fingerprint density at radius 3 is 1.92 bits per heavy atom. The second kappa shape index (κ2) is 2.41. The number of carbonyl (C=O) groups excluding carboxylic acids is 1. The first-order chi connectivity index (χ1) is 5.27. The van der Waals surface area contributed by atoms with Crippen LogP contribution in [0.3, 0.4) is 0 Å². The van der Waals surface area contributed by atoms with Gasteiger partial charge in [0.2, 0.25) is 0 Å². The lowest BCUT2D eigenvalue weighted by Crippen LogP contribution is -2.44. The number of Topliss-reactive ketones (excluding diaryl/α,β-unsaturated/α-hetero) is 1. The summed E-state index contributed by atoms with van der Waals surface area (Å²) in [6.07, 6.45) is 1.85. The number of nitrogens with one attached hydrogen (secondary N) is 1. The highest BCUT2D eigenvalue weighted by molar-refractivity contribution is 6.42. The van der Waals surface area contributed by atoms with Gasteiger partial charge in [-0.3, -0.25) is 4.79 Å². The summed E-state index contributed by atoms with van der Waals surface area (Å²) in [5, 5.41) is 7.70. The monoisotopic (exact) mass is 167 g/mol. The molecule has 2 heteroatoms. The normalized spacial score (nSPS) is 27.3. The Morgan fingerprint density at radius 2 is 1.50 bits per heavy atom. The molecule has 1 aliphatic rings. The maximum absolute atomic E-state index is 11.6. The van der Waals surface area contributed by atoms with Crippen LogP contribution in [-0.2, 0) is 4.79 Å². The fourth-order valence-corrected chi connectivity index (χ4v) is 1.51. The van der Waals surface area contributed by atoms with E-state index in [1.807, 2.05) is 27.7 Å². The summed E-state index contributed by atoms with van der Waals surface area (Å²) in [4.78, 5) is 11.6. The highest BCUT2D eigenvalue weighted by Crippen LogP contribution is 2.39. The Hall–Kier alpha value is -0.660. The molecule has 0 spiro atoms. The van der Waals surface area contributed by atoms with Gasteiger partial charge in [0.1, 0.15) is 0 Å². The topological polar surface area (TPSA) is 40.9 Å². The Balaban J connectivity index is 2.96. The second-order valence-corrected chi connectivity index (χ2v) is 4.97. The van der Waals surface area contributed by atoms with Gasteiger partial charge >= 0.3 is 0 Å². The molecule has 0 amide bonds. The van der Waals surface area contributed by atoms with Crippen LogP contribution in [0.4, 0.5) is 0 Å². The number of ketones is 1. The van der Waals surface area contributed by atoms with E-state index < -0.39 is 0 Å². The first kappa shape index (κ1) is 9.43. The molecule has 0 aromatic carbocycles. The van der Waals surface area contributed by atoms with Crippen molar-refractivity contribution < 1.29 is 4.79 Å². The molecule has 1 N–H and O–H groups in total. The van der Waals surface area contributed by atoms with Gasteiger partial charge in [-0.2, -0.15) is 0 Å². The van der Waals surface area contributed by atoms with E-state index in [1.165, 1.54) is 0 Å². The van der Waals surface area contributed by atoms with Gasteiger partial charge in [-0.15, -0.1) is 0 Å². The quantitative estimate of drug-likeness (QED) is 0.591. The second-order valence-electron chi connectivity index (χ2n) is 4.97. The molecule has 0 unspecified atom stereocenters. The van der Waals surface area contributed by atoms with Crippen molar-refractivity contribution in [1.29, 1.82) is 5.41 Å². The van der Waals surface area contributed by atoms with Gasteiger partial charge in [-0.1, -0.05) is 27.7 Å². The molecule has 1 saturated carbocycles. The standard InChI is InChI=1S/C10H17NO/c1-9(2)5-6-10(3,4)8(12)7(9)11/h11H,5-6H2,1-4H3. The van der Waals surface area contributed by atoms with Crippen molar-refractivity contribution in [2.75, 3.05) is 0 Å². The van der Waals surface area contributed by atoms with Crippen LogP contribution in [0.1, 0.15) is 40.5 Å². The lowest BCUT2D eigenvalue weighted by atomic mass is 9.65. The van der Waals surface area contributed by atoms with Crippen molar-refractivity contribution in [3.8, 4) is 0 Å². The molecular weight excluding hydrogens is 150 g/mol. The van der Waals surface area contributed by atoms with Crippen molar-refractivity contribution in [3.63, 3.8) is 0 Å². The molecule has 0 atom stereocenters. The molecule has 68 valence electrons. The van der Waals surface area contributed by atoms with Gasteiger partial charge in [-0.05, 0) is 12.8 Å². The van der Waals surface area contributed by atoms with Crippen LogP contribution < -0.4 is 0 Å². The summed E-state index contributed by atoms with van der Waals surface area (Å²) in [5.41, 5.74) is -0.196. The van der Waals surface area contributed by atoms with Crippen LogP contribution in [0.2, 0.25) is 0 Å². The smallest absolute Gasteiger partial charge is 0.182 e. The van der Waals surface area contributed by atoms with Crippen LogP contribution in [0.15, 0.2) is 0 Å². The van der Waals surface area contributed by atoms with E-state index in [0.717, 1.165) is 12.8 Å². The molecule has 0 radical (unpaired) electrons. The van der Waals surface area contributed by atoms with Gasteiger partial charge in [-0.25, -0.2) is 0 Å². The third-order valence-corrected chi connectivity index (χ3v) is 2.89. The fraction of sp³-hybridized carbons (Fsp3) is 0.800. The van der Waals surface area contributed by atoms with Gasteiger partial charge in [0.25, 0.3) is 0 Å². The van der Waals surface area contributed by atoms with Crippen LogP contribution >= 0.6 is 0 Å². The Labute approximate surface area is 73.9 Å². The van der Waals surface area contributed by atoms with E-state index in [2.05, 4.69) is 0 Å². The highest BCUT2D eigenvalue weighted by Gasteiger charge is 2.43. The zero-order valence-corrected chi connectivity index (χ0v) is 8.32. The molecular formula is C10H17NO. The summed E-state index contributed by atoms with van der Waals surface area (Å²) in [5.74, 6) is 0.0266. The molecule has 0 aromatic rings. The molecule has 0 heterocycles. The molecule has 12 heavy (non-hydrogen) atoms. The first-order valence-electron chi connectivity index (χ1n) is 4.41. The molecule has 0 aliphatic heterocycles. The van der Waals surface area contributed by atoms with Gasteiger partial charge in [0, 0.05) is 10.8 Å². The Kier molecular flexibility index (Phi) is 1.89. The summed E-state index contributed by atoms with van der Waals surface area (Å²) in [6, 6.07) is 0. The van der Waals surface area contributed by atoms with Gasteiger partial charge < -0.3 is 5.41 Å². The van der Waals surface area contributed by atoms with Gasteiger partial charge in [0.05, 0.1) is 5.71 Å². The van der Waals surface area contributed by atoms with Crippen LogP contribution in [0, 0.1) is 16.2 Å². The number of carbonyl (C=O) groups is 1. The fourth-order valence-electron chi connectivity index (χ4n) is 1.51. The Morgan fingerprint density at radius 1 is 1.08 bits per heavy atom. The molecule has 2 nitrogen and oxygen atoms in total. The summed E-state index contributed by atoms with van der Waals surface area (Å²) < 4.78 is 0. The minimum absolute atomic E-state index is 0.0266. The van der Waals surface area contributed by atoms with Crippen LogP contribution in [-0.4, -0.2) is 11.5 Å². The van der Waals surface area contributed by atoms with Crippen molar-refractivity contribution in [3.05, 3.63) is 0 Å². The van der Waals surface area contributed by atoms with Crippen molar-refractivity contribution in [1.82, 2.24) is 0 Å². The van der Waals surface area contributed by atoms with E-state index in [4.69, 9.17) is 5.41 Å². The molecule has 0 aromatic heterocycles. The highest BCUT2D eigenvalue weighted by atomic mass is 16.1. The van der Waals surface area contributed by atoms with Crippen molar-refractivity contribution in [2.24, 2.45) is 10.8 Å². The number of rotatable bonds is 0. The van der Waals surface area contributed by atoms with E-state index in [-0.39, 0.29) is 16.6 Å². The van der Waals surface area contributed by atoms with E-state index >= 15 is 0 Å². The first-order valence-corrected chi connectivity index (χ1v) is 4.41. The molecule has 0 saturated heterocycles. The number of hydrogen-bond donors (Lipinski definition) is 1. The molecule has 1 aliphatic carbocycles. The minimum Gasteiger partial charge on any atom is -0.301 e. The molecule has 1 rings (SSSR count). The zero-order chi connectivity index (χ0) is 9.57. The predicted molar refractivity (Wildman–Crippen MR) is 49.5 cm³/mol. The SMILES string of the molecule is CC1(C)CCC(C)(C)C(=O)C1=N. The van der Waals surface area contributed by atoms with Crippen molar-refractivity contribution in [2.45, 2.75) is 40.5 Å². The lowest BCUT2D eigenvalue weighted by Gasteiger charge is -2.38.